The number of aryl methyl sites for hydroxylation is 1. The lowest BCUT2D eigenvalue weighted by molar-refractivity contribution is 0.388. The highest BCUT2D eigenvalue weighted by atomic mass is 16.5. The van der Waals surface area contributed by atoms with Gasteiger partial charge in [0, 0.05) is 37.0 Å². The minimum absolute atomic E-state index is 0.185. The van der Waals surface area contributed by atoms with Crippen molar-refractivity contribution < 1.29 is 9.47 Å². The summed E-state index contributed by atoms with van der Waals surface area (Å²) < 4.78 is 12.5. The molecule has 1 unspecified atom stereocenters. The lowest BCUT2D eigenvalue weighted by Crippen LogP contribution is -2.19. The zero-order chi connectivity index (χ0) is 15.2. The molecule has 0 bridgehead atoms. The van der Waals surface area contributed by atoms with Gasteiger partial charge in [-0.05, 0) is 26.0 Å². The molecule has 1 N–H and O–H groups in total. The van der Waals surface area contributed by atoms with Gasteiger partial charge in [0.15, 0.2) is 0 Å². The van der Waals surface area contributed by atoms with Crippen molar-refractivity contribution in [3.8, 4) is 11.5 Å². The topological polar surface area (TPSA) is 48.3 Å². The number of ether oxygens (including phenoxy) is 2. The largest absolute Gasteiger partial charge is 0.497 e. The minimum Gasteiger partial charge on any atom is -0.497 e. The van der Waals surface area contributed by atoms with Crippen molar-refractivity contribution in [3.05, 3.63) is 41.7 Å². The minimum atomic E-state index is 0.185. The van der Waals surface area contributed by atoms with E-state index in [1.165, 1.54) is 0 Å². The molecule has 0 saturated carbocycles. The molecule has 0 spiro atoms. The van der Waals surface area contributed by atoms with E-state index in [0.29, 0.717) is 6.54 Å². The van der Waals surface area contributed by atoms with E-state index in [1.807, 2.05) is 35.1 Å². The Morgan fingerprint density at radius 2 is 2.05 bits per heavy atom. The molecule has 1 heterocycles. The van der Waals surface area contributed by atoms with Crippen LogP contribution in [0.5, 0.6) is 11.5 Å². The Kier molecular flexibility index (Phi) is 5.22. The average Bonchev–Trinajstić information content (AvgIpc) is 3.01. The molecule has 1 aromatic carbocycles. The van der Waals surface area contributed by atoms with Crippen LogP contribution >= 0.6 is 0 Å². The summed E-state index contributed by atoms with van der Waals surface area (Å²) >= 11 is 0. The van der Waals surface area contributed by atoms with Crippen molar-refractivity contribution >= 4 is 0 Å². The monoisotopic (exact) mass is 289 g/mol. The van der Waals surface area contributed by atoms with Gasteiger partial charge in [-0.15, -0.1) is 0 Å². The Hall–Kier alpha value is -2.01. The lowest BCUT2D eigenvalue weighted by atomic mass is 10.1. The number of rotatable bonds is 7. The molecule has 21 heavy (non-hydrogen) atoms. The summed E-state index contributed by atoms with van der Waals surface area (Å²) in [6, 6.07) is 8.09. The molecule has 2 rings (SSSR count). The van der Waals surface area contributed by atoms with Gasteiger partial charge in [-0.1, -0.05) is 6.07 Å². The fraction of sp³-hybridized carbons (Fsp3) is 0.438. The van der Waals surface area contributed by atoms with Crippen molar-refractivity contribution in [3.63, 3.8) is 0 Å². The van der Waals surface area contributed by atoms with E-state index < -0.39 is 0 Å². The summed E-state index contributed by atoms with van der Waals surface area (Å²) in [5.41, 5.74) is 2.14. The molecule has 0 saturated heterocycles. The first kappa shape index (κ1) is 15.4. The molecule has 2 aromatic rings. The van der Waals surface area contributed by atoms with Crippen LogP contribution in [0, 0.1) is 0 Å². The van der Waals surface area contributed by atoms with Crippen molar-refractivity contribution in [2.75, 3.05) is 14.2 Å². The molecule has 0 fully saturated rings. The van der Waals surface area contributed by atoms with E-state index in [2.05, 4.69) is 24.3 Å². The quantitative estimate of drug-likeness (QED) is 0.851. The number of nitrogens with zero attached hydrogens (tertiary/aromatic N) is 2. The number of benzene rings is 1. The van der Waals surface area contributed by atoms with Crippen LogP contribution in [0.4, 0.5) is 0 Å². The highest BCUT2D eigenvalue weighted by molar-refractivity contribution is 5.40. The summed E-state index contributed by atoms with van der Waals surface area (Å²) in [7, 11) is 3.32. The Balaban J connectivity index is 2.01. The van der Waals surface area contributed by atoms with Crippen LogP contribution < -0.4 is 14.8 Å². The van der Waals surface area contributed by atoms with E-state index in [9.17, 15) is 0 Å². The normalized spacial score (nSPS) is 12.2. The molecule has 0 aliphatic heterocycles. The van der Waals surface area contributed by atoms with Gasteiger partial charge in [-0.25, -0.2) is 0 Å². The maximum Gasteiger partial charge on any atom is 0.127 e. The molecule has 5 nitrogen and oxygen atoms in total. The third-order valence-corrected chi connectivity index (χ3v) is 3.52. The van der Waals surface area contributed by atoms with Crippen LogP contribution in [0.25, 0.3) is 0 Å². The zero-order valence-corrected chi connectivity index (χ0v) is 13.1. The number of nitrogens with one attached hydrogen (secondary N) is 1. The van der Waals surface area contributed by atoms with E-state index in [4.69, 9.17) is 9.47 Å². The first-order chi connectivity index (χ1) is 10.2. The standard InChI is InChI=1S/C16H23N3O2/c1-5-19-9-8-15(18-19)12(2)17-11-13-6-7-14(20-3)10-16(13)21-4/h6-10,12,17H,5,11H2,1-4H3. The van der Waals surface area contributed by atoms with Crippen molar-refractivity contribution in [2.45, 2.75) is 33.0 Å². The maximum absolute atomic E-state index is 5.41. The second-order valence-electron chi connectivity index (χ2n) is 4.88. The van der Waals surface area contributed by atoms with Crippen molar-refractivity contribution in [1.29, 1.82) is 0 Å². The molecule has 5 heteroatoms. The highest BCUT2D eigenvalue weighted by Crippen LogP contribution is 2.25. The van der Waals surface area contributed by atoms with Gasteiger partial charge in [0.1, 0.15) is 11.5 Å². The summed E-state index contributed by atoms with van der Waals surface area (Å²) in [6.07, 6.45) is 2.00. The molecule has 1 atom stereocenters. The zero-order valence-electron chi connectivity index (χ0n) is 13.1. The summed E-state index contributed by atoms with van der Waals surface area (Å²) in [5, 5.41) is 7.98. The van der Waals surface area contributed by atoms with Crippen LogP contribution in [0.2, 0.25) is 0 Å². The van der Waals surface area contributed by atoms with Crippen LogP contribution in [-0.2, 0) is 13.1 Å². The van der Waals surface area contributed by atoms with Gasteiger partial charge in [0.25, 0.3) is 0 Å². The van der Waals surface area contributed by atoms with Crippen LogP contribution in [-0.4, -0.2) is 24.0 Å². The van der Waals surface area contributed by atoms with E-state index in [1.54, 1.807) is 14.2 Å². The molecule has 0 radical (unpaired) electrons. The van der Waals surface area contributed by atoms with Crippen molar-refractivity contribution in [2.24, 2.45) is 0 Å². The third-order valence-electron chi connectivity index (χ3n) is 3.52. The summed E-state index contributed by atoms with van der Waals surface area (Å²) in [4.78, 5) is 0. The van der Waals surface area contributed by atoms with Crippen molar-refractivity contribution in [1.82, 2.24) is 15.1 Å². The highest BCUT2D eigenvalue weighted by Gasteiger charge is 2.10. The Morgan fingerprint density at radius 1 is 1.24 bits per heavy atom. The fourth-order valence-corrected chi connectivity index (χ4v) is 2.15. The molecular weight excluding hydrogens is 266 g/mol. The van der Waals surface area contributed by atoms with Crippen LogP contribution in [0.3, 0.4) is 0 Å². The van der Waals surface area contributed by atoms with Crippen LogP contribution in [0.1, 0.15) is 31.1 Å². The second-order valence-corrected chi connectivity index (χ2v) is 4.88. The molecular formula is C16H23N3O2. The van der Waals surface area contributed by atoms with Gasteiger partial charge in [0.05, 0.1) is 19.9 Å². The first-order valence-corrected chi connectivity index (χ1v) is 7.15. The van der Waals surface area contributed by atoms with Gasteiger partial charge in [-0.3, -0.25) is 4.68 Å². The van der Waals surface area contributed by atoms with Gasteiger partial charge in [0.2, 0.25) is 0 Å². The third kappa shape index (κ3) is 3.76. The Morgan fingerprint density at radius 3 is 2.67 bits per heavy atom. The summed E-state index contributed by atoms with van der Waals surface area (Å²) in [6.45, 7) is 5.79. The molecule has 0 aliphatic carbocycles. The fourth-order valence-electron chi connectivity index (χ4n) is 2.15. The molecule has 0 amide bonds. The van der Waals surface area contributed by atoms with E-state index in [0.717, 1.165) is 29.3 Å². The number of hydrogen-bond acceptors (Lipinski definition) is 4. The average molecular weight is 289 g/mol. The predicted molar refractivity (Wildman–Crippen MR) is 82.7 cm³/mol. The number of methoxy groups -OCH3 is 2. The first-order valence-electron chi connectivity index (χ1n) is 7.15. The SMILES string of the molecule is CCn1ccc(C(C)NCc2ccc(OC)cc2OC)n1. The molecule has 114 valence electrons. The molecule has 1 aromatic heterocycles. The van der Waals surface area contributed by atoms with E-state index in [-0.39, 0.29) is 6.04 Å². The summed E-state index contributed by atoms with van der Waals surface area (Å²) in [5.74, 6) is 1.62. The maximum atomic E-state index is 5.41. The smallest absolute Gasteiger partial charge is 0.127 e. The molecule has 0 aliphatic rings. The van der Waals surface area contributed by atoms with Gasteiger partial charge < -0.3 is 14.8 Å². The predicted octanol–water partition coefficient (Wildman–Crippen LogP) is 2.77. The van der Waals surface area contributed by atoms with Gasteiger partial charge >= 0.3 is 0 Å². The number of hydrogen-bond donors (Lipinski definition) is 1. The van der Waals surface area contributed by atoms with E-state index >= 15 is 0 Å². The van der Waals surface area contributed by atoms with Crippen LogP contribution in [0.15, 0.2) is 30.5 Å². The van der Waals surface area contributed by atoms with Gasteiger partial charge in [-0.2, -0.15) is 5.10 Å². The lowest BCUT2D eigenvalue weighted by Gasteiger charge is -2.14. The second kappa shape index (κ2) is 7.13. The number of aromatic nitrogens is 2. The Bertz CT molecular complexity index is 581. The Labute approximate surface area is 125 Å².